The molecule has 3 fully saturated rings. The quantitative estimate of drug-likeness (QED) is 0.425. The molecule has 0 spiro atoms. The van der Waals surface area contributed by atoms with Crippen LogP contribution in [0.3, 0.4) is 0 Å². The van der Waals surface area contributed by atoms with Crippen LogP contribution in [0.15, 0.2) is 0 Å². The largest absolute Gasteiger partial charge is 0.480 e. The fourth-order valence-electron chi connectivity index (χ4n) is 4.33. The molecule has 156 valence electrons. The molecule has 0 saturated carbocycles. The van der Waals surface area contributed by atoms with Crippen molar-refractivity contribution in [2.24, 2.45) is 0 Å². The Kier molecular flexibility index (Phi) is 6.82. The van der Waals surface area contributed by atoms with Gasteiger partial charge in [-0.25, -0.2) is 4.79 Å². The van der Waals surface area contributed by atoms with Gasteiger partial charge in [-0.1, -0.05) is 0 Å². The standard InChI is InChI=1S/C18H28N4O5S/c23-15(20-12(10-28)18(26)27)13-5-2-8-21(13)17(25)14-6-3-9-22(14)16(24)11-4-1-7-19-11/h11-14,19,28H,1-10H2,(H,20,23)(H,26,27). The number of nitrogens with zero attached hydrogens (tertiary/aromatic N) is 2. The number of carbonyl (C=O) groups is 4. The number of thiol groups is 1. The molecule has 3 aliphatic heterocycles. The summed E-state index contributed by atoms with van der Waals surface area (Å²) in [5.74, 6) is -1.90. The average molecular weight is 413 g/mol. The molecular weight excluding hydrogens is 384 g/mol. The van der Waals surface area contributed by atoms with Crippen LogP contribution in [0.5, 0.6) is 0 Å². The molecule has 4 atom stereocenters. The number of amides is 3. The molecule has 0 radical (unpaired) electrons. The number of carboxylic acid groups (broad SMARTS) is 1. The predicted octanol–water partition coefficient (Wildman–Crippen LogP) is -0.780. The lowest BCUT2D eigenvalue weighted by molar-refractivity contribution is -0.148. The number of nitrogens with one attached hydrogen (secondary N) is 2. The van der Waals surface area contributed by atoms with E-state index < -0.39 is 30.0 Å². The van der Waals surface area contributed by atoms with Crippen molar-refractivity contribution in [2.75, 3.05) is 25.4 Å². The van der Waals surface area contributed by atoms with Crippen molar-refractivity contribution in [3.05, 3.63) is 0 Å². The van der Waals surface area contributed by atoms with Gasteiger partial charge in [0.25, 0.3) is 0 Å². The van der Waals surface area contributed by atoms with Gasteiger partial charge in [-0.05, 0) is 45.1 Å². The van der Waals surface area contributed by atoms with Crippen molar-refractivity contribution >= 4 is 36.3 Å². The first-order valence-electron chi connectivity index (χ1n) is 9.92. The number of aliphatic carboxylic acids is 1. The van der Waals surface area contributed by atoms with Crippen LogP contribution in [0.1, 0.15) is 38.5 Å². The van der Waals surface area contributed by atoms with Crippen molar-refractivity contribution in [2.45, 2.75) is 62.7 Å². The third-order valence-corrected chi connectivity index (χ3v) is 6.18. The molecule has 9 nitrogen and oxygen atoms in total. The highest BCUT2D eigenvalue weighted by molar-refractivity contribution is 7.80. The number of carbonyl (C=O) groups excluding carboxylic acids is 3. The van der Waals surface area contributed by atoms with E-state index in [1.54, 1.807) is 4.90 Å². The molecule has 3 aliphatic rings. The number of hydrogen-bond acceptors (Lipinski definition) is 6. The van der Waals surface area contributed by atoms with E-state index in [1.807, 2.05) is 0 Å². The Morgan fingerprint density at radius 1 is 1.00 bits per heavy atom. The van der Waals surface area contributed by atoms with Crippen LogP contribution in [-0.4, -0.2) is 88.2 Å². The lowest BCUT2D eigenvalue weighted by Crippen LogP contribution is -2.56. The van der Waals surface area contributed by atoms with Crippen LogP contribution in [0, 0.1) is 0 Å². The Balaban J connectivity index is 1.67. The molecule has 28 heavy (non-hydrogen) atoms. The molecule has 0 aromatic carbocycles. The molecule has 3 saturated heterocycles. The van der Waals surface area contributed by atoms with Crippen molar-refractivity contribution in [1.29, 1.82) is 0 Å². The van der Waals surface area contributed by atoms with Crippen LogP contribution in [0.4, 0.5) is 0 Å². The normalized spacial score (nSPS) is 28.4. The second kappa shape index (κ2) is 9.13. The van der Waals surface area contributed by atoms with Crippen molar-refractivity contribution < 1.29 is 24.3 Å². The second-order valence-electron chi connectivity index (χ2n) is 7.61. The van der Waals surface area contributed by atoms with E-state index >= 15 is 0 Å². The monoisotopic (exact) mass is 412 g/mol. The number of rotatable bonds is 6. The molecule has 3 amide bonds. The van der Waals surface area contributed by atoms with Gasteiger partial charge < -0.3 is 25.5 Å². The summed E-state index contributed by atoms with van der Waals surface area (Å²) >= 11 is 3.96. The lowest BCUT2D eigenvalue weighted by Gasteiger charge is -2.32. The van der Waals surface area contributed by atoms with Crippen LogP contribution in [0.25, 0.3) is 0 Å². The van der Waals surface area contributed by atoms with E-state index in [0.29, 0.717) is 32.4 Å². The van der Waals surface area contributed by atoms with E-state index in [1.165, 1.54) is 4.90 Å². The highest BCUT2D eigenvalue weighted by Gasteiger charge is 2.43. The molecule has 3 N–H and O–H groups in total. The van der Waals surface area contributed by atoms with Crippen LogP contribution < -0.4 is 10.6 Å². The first kappa shape index (κ1) is 20.9. The van der Waals surface area contributed by atoms with E-state index in [-0.39, 0.29) is 23.6 Å². The number of likely N-dealkylation sites (tertiary alicyclic amines) is 2. The smallest absolute Gasteiger partial charge is 0.327 e. The zero-order valence-corrected chi connectivity index (χ0v) is 16.7. The topological polar surface area (TPSA) is 119 Å². The highest BCUT2D eigenvalue weighted by Crippen LogP contribution is 2.26. The maximum absolute atomic E-state index is 13.2. The number of carboxylic acids is 1. The second-order valence-corrected chi connectivity index (χ2v) is 7.98. The molecule has 3 heterocycles. The zero-order chi connectivity index (χ0) is 20.3. The van der Waals surface area contributed by atoms with Gasteiger partial charge in [-0.15, -0.1) is 0 Å². The Bertz CT molecular complexity index is 639. The van der Waals surface area contributed by atoms with E-state index in [9.17, 15) is 19.2 Å². The maximum Gasteiger partial charge on any atom is 0.327 e. The van der Waals surface area contributed by atoms with Crippen LogP contribution in [0.2, 0.25) is 0 Å². The van der Waals surface area contributed by atoms with Crippen molar-refractivity contribution in [3.63, 3.8) is 0 Å². The summed E-state index contributed by atoms with van der Waals surface area (Å²) in [5, 5.41) is 14.8. The van der Waals surface area contributed by atoms with E-state index in [4.69, 9.17) is 5.11 Å². The fraction of sp³-hybridized carbons (Fsp3) is 0.778. The van der Waals surface area contributed by atoms with Gasteiger partial charge in [0, 0.05) is 18.8 Å². The first-order chi connectivity index (χ1) is 13.4. The minimum absolute atomic E-state index is 0.0268. The summed E-state index contributed by atoms with van der Waals surface area (Å²) < 4.78 is 0. The third kappa shape index (κ3) is 4.27. The Morgan fingerprint density at radius 2 is 1.64 bits per heavy atom. The first-order valence-corrected chi connectivity index (χ1v) is 10.6. The van der Waals surface area contributed by atoms with Crippen molar-refractivity contribution in [1.82, 2.24) is 20.4 Å². The summed E-state index contributed by atoms with van der Waals surface area (Å²) in [6.45, 7) is 1.81. The summed E-state index contributed by atoms with van der Waals surface area (Å²) in [6, 6.07) is -2.55. The third-order valence-electron chi connectivity index (χ3n) is 5.82. The van der Waals surface area contributed by atoms with Gasteiger partial charge in [-0.2, -0.15) is 12.6 Å². The van der Waals surface area contributed by atoms with E-state index in [2.05, 4.69) is 23.3 Å². The van der Waals surface area contributed by atoms with Gasteiger partial charge in [0.2, 0.25) is 17.7 Å². The van der Waals surface area contributed by atoms with Gasteiger partial charge in [0.05, 0.1) is 6.04 Å². The Labute approximate surface area is 169 Å². The fourth-order valence-corrected chi connectivity index (χ4v) is 4.58. The molecule has 0 bridgehead atoms. The van der Waals surface area contributed by atoms with Gasteiger partial charge in [0.1, 0.15) is 18.1 Å². The van der Waals surface area contributed by atoms with Gasteiger partial charge in [0.15, 0.2) is 0 Å². The summed E-state index contributed by atoms with van der Waals surface area (Å²) in [4.78, 5) is 52.9. The highest BCUT2D eigenvalue weighted by atomic mass is 32.1. The number of hydrogen-bond donors (Lipinski definition) is 4. The summed E-state index contributed by atoms with van der Waals surface area (Å²) in [6.07, 6.45) is 4.25. The Hall–Kier alpha value is -1.81. The minimum Gasteiger partial charge on any atom is -0.480 e. The summed E-state index contributed by atoms with van der Waals surface area (Å²) in [7, 11) is 0. The maximum atomic E-state index is 13.2. The van der Waals surface area contributed by atoms with Gasteiger partial charge in [-0.3, -0.25) is 14.4 Å². The average Bonchev–Trinajstić information content (AvgIpc) is 3.44. The lowest BCUT2D eigenvalue weighted by atomic mass is 10.1. The zero-order valence-electron chi connectivity index (χ0n) is 15.8. The van der Waals surface area contributed by atoms with Gasteiger partial charge >= 0.3 is 5.97 Å². The van der Waals surface area contributed by atoms with Crippen molar-refractivity contribution in [3.8, 4) is 0 Å². The minimum atomic E-state index is -1.16. The van der Waals surface area contributed by atoms with Crippen LogP contribution >= 0.6 is 12.6 Å². The molecule has 10 heteroatoms. The molecule has 4 unspecified atom stereocenters. The van der Waals surface area contributed by atoms with Crippen LogP contribution in [-0.2, 0) is 19.2 Å². The summed E-state index contributed by atoms with van der Waals surface area (Å²) in [5.41, 5.74) is 0. The van der Waals surface area contributed by atoms with E-state index in [0.717, 1.165) is 25.8 Å². The predicted molar refractivity (Wildman–Crippen MR) is 104 cm³/mol. The molecule has 0 aromatic heterocycles. The molecule has 0 aromatic rings. The molecule has 0 aliphatic carbocycles. The molecular formula is C18H28N4O5S. The Morgan fingerprint density at radius 3 is 2.21 bits per heavy atom. The molecule has 3 rings (SSSR count). The SMILES string of the molecule is O=C(O)C(CS)NC(=O)C1CCCN1C(=O)C1CCCN1C(=O)C1CCCN1.